The second-order valence-corrected chi connectivity index (χ2v) is 6.37. The highest BCUT2D eigenvalue weighted by atomic mass is 16.5. The topological polar surface area (TPSA) is 79.3 Å². The minimum atomic E-state index is -0.918. The van der Waals surface area contributed by atoms with Gasteiger partial charge in [0.1, 0.15) is 0 Å². The number of carboxylic acid groups (broad SMARTS) is 1. The Hall–Kier alpha value is -1.34. The van der Waals surface area contributed by atoms with Crippen LogP contribution in [0.4, 0.5) is 4.79 Å². The van der Waals surface area contributed by atoms with E-state index in [1.807, 2.05) is 20.8 Å². The number of amides is 2. The van der Waals surface area contributed by atoms with Gasteiger partial charge < -0.3 is 24.4 Å². The summed E-state index contributed by atoms with van der Waals surface area (Å²) in [4.78, 5) is 27.1. The maximum absolute atomic E-state index is 12.7. The van der Waals surface area contributed by atoms with Crippen LogP contribution in [0.15, 0.2) is 0 Å². The molecule has 7 nitrogen and oxygen atoms in total. The van der Waals surface area contributed by atoms with Gasteiger partial charge in [-0.1, -0.05) is 0 Å². The van der Waals surface area contributed by atoms with Gasteiger partial charge in [-0.15, -0.1) is 0 Å². The highest BCUT2D eigenvalue weighted by molar-refractivity contribution is 5.76. The van der Waals surface area contributed by atoms with Gasteiger partial charge in [-0.05, 0) is 20.8 Å². The first kappa shape index (κ1) is 16.0. The Morgan fingerprint density at radius 3 is 2.71 bits per heavy atom. The Morgan fingerprint density at radius 1 is 1.38 bits per heavy atom. The Labute approximate surface area is 124 Å². The minimum absolute atomic E-state index is 0.0309. The first-order valence-electron chi connectivity index (χ1n) is 7.31. The first-order chi connectivity index (χ1) is 9.78. The molecular formula is C14H24N2O5. The van der Waals surface area contributed by atoms with Gasteiger partial charge in [0.25, 0.3) is 0 Å². The number of urea groups is 1. The predicted molar refractivity (Wildman–Crippen MR) is 75.2 cm³/mol. The van der Waals surface area contributed by atoms with Gasteiger partial charge in [0, 0.05) is 13.1 Å². The summed E-state index contributed by atoms with van der Waals surface area (Å²) in [6.07, 6.45) is -0.119. The van der Waals surface area contributed by atoms with E-state index in [-0.39, 0.29) is 30.8 Å². The highest BCUT2D eigenvalue weighted by Gasteiger charge is 2.38. The van der Waals surface area contributed by atoms with E-state index >= 15 is 0 Å². The van der Waals surface area contributed by atoms with Crippen LogP contribution in [-0.2, 0) is 14.3 Å². The molecule has 7 heteroatoms. The fourth-order valence-electron chi connectivity index (χ4n) is 3.06. The molecule has 0 aromatic heterocycles. The van der Waals surface area contributed by atoms with Gasteiger partial charge in [-0.25, -0.2) is 4.79 Å². The van der Waals surface area contributed by atoms with Crippen molar-refractivity contribution in [2.75, 3.05) is 32.8 Å². The number of carbonyl (C=O) groups is 2. The summed E-state index contributed by atoms with van der Waals surface area (Å²) in [5.74, 6) is -0.918. The number of ether oxygens (including phenoxy) is 2. The minimum Gasteiger partial charge on any atom is -0.481 e. The number of rotatable bonds is 2. The van der Waals surface area contributed by atoms with E-state index in [2.05, 4.69) is 0 Å². The molecule has 2 saturated heterocycles. The van der Waals surface area contributed by atoms with Crippen molar-refractivity contribution in [3.63, 3.8) is 0 Å². The molecule has 21 heavy (non-hydrogen) atoms. The van der Waals surface area contributed by atoms with E-state index in [1.165, 1.54) is 0 Å². The van der Waals surface area contributed by atoms with Crippen LogP contribution in [0, 0.1) is 0 Å². The van der Waals surface area contributed by atoms with E-state index < -0.39 is 12.0 Å². The van der Waals surface area contributed by atoms with Gasteiger partial charge in [-0.3, -0.25) is 4.79 Å². The normalized spacial score (nSPS) is 29.3. The molecule has 120 valence electrons. The maximum atomic E-state index is 12.7. The zero-order chi connectivity index (χ0) is 15.6. The van der Waals surface area contributed by atoms with Crippen molar-refractivity contribution in [2.24, 2.45) is 0 Å². The fourth-order valence-corrected chi connectivity index (χ4v) is 3.06. The number of nitrogens with zero attached hydrogens (tertiary/aromatic N) is 2. The average molecular weight is 300 g/mol. The van der Waals surface area contributed by atoms with Crippen LogP contribution in [0.1, 0.15) is 27.2 Å². The van der Waals surface area contributed by atoms with Crippen molar-refractivity contribution in [1.29, 1.82) is 0 Å². The molecule has 0 spiro atoms. The number of morpholine rings is 2. The lowest BCUT2D eigenvalue weighted by molar-refractivity contribution is -0.140. The van der Waals surface area contributed by atoms with Gasteiger partial charge in [0.05, 0.1) is 43.9 Å². The lowest BCUT2D eigenvalue weighted by Crippen LogP contribution is -2.60. The third-order valence-electron chi connectivity index (χ3n) is 3.72. The molecule has 2 aliphatic rings. The van der Waals surface area contributed by atoms with Crippen LogP contribution < -0.4 is 0 Å². The third-order valence-corrected chi connectivity index (χ3v) is 3.72. The van der Waals surface area contributed by atoms with Crippen LogP contribution in [0.5, 0.6) is 0 Å². The van der Waals surface area contributed by atoms with Crippen molar-refractivity contribution in [3.05, 3.63) is 0 Å². The predicted octanol–water partition coefficient (Wildman–Crippen LogP) is 0.781. The first-order valence-corrected chi connectivity index (χ1v) is 7.31. The smallest absolute Gasteiger partial charge is 0.320 e. The van der Waals surface area contributed by atoms with E-state index in [1.54, 1.807) is 9.80 Å². The molecule has 2 unspecified atom stereocenters. The fraction of sp³-hybridized carbons (Fsp3) is 0.857. The molecular weight excluding hydrogens is 276 g/mol. The maximum Gasteiger partial charge on any atom is 0.320 e. The Bertz CT molecular complexity index is 412. The van der Waals surface area contributed by atoms with Gasteiger partial charge in [0.2, 0.25) is 0 Å². The standard InChI is InChI=1S/C14H24N2O5/c1-10-7-15(9-14(2,3)21-10)13(19)16-4-5-20-8-11(16)6-12(17)18/h10-11H,4-9H2,1-3H3,(H,17,18). The van der Waals surface area contributed by atoms with Crippen LogP contribution in [0.3, 0.4) is 0 Å². The number of carbonyl (C=O) groups excluding carboxylic acids is 1. The molecule has 0 saturated carbocycles. The molecule has 2 atom stereocenters. The van der Waals surface area contributed by atoms with E-state index in [0.29, 0.717) is 26.2 Å². The third kappa shape index (κ3) is 4.07. The highest BCUT2D eigenvalue weighted by Crippen LogP contribution is 2.23. The summed E-state index contributed by atoms with van der Waals surface area (Å²) >= 11 is 0. The van der Waals surface area contributed by atoms with E-state index in [0.717, 1.165) is 0 Å². The second-order valence-electron chi connectivity index (χ2n) is 6.37. The van der Waals surface area contributed by atoms with Crippen LogP contribution in [0.2, 0.25) is 0 Å². The largest absolute Gasteiger partial charge is 0.481 e. The summed E-state index contributed by atoms with van der Waals surface area (Å²) in [5, 5.41) is 8.97. The number of aliphatic carboxylic acids is 1. The molecule has 0 aromatic carbocycles. The molecule has 2 aliphatic heterocycles. The molecule has 0 radical (unpaired) electrons. The summed E-state index contributed by atoms with van der Waals surface area (Å²) in [5.41, 5.74) is -0.387. The number of hydrogen-bond acceptors (Lipinski definition) is 4. The molecule has 2 rings (SSSR count). The molecule has 0 aliphatic carbocycles. The van der Waals surface area contributed by atoms with Gasteiger partial charge in [-0.2, -0.15) is 0 Å². The van der Waals surface area contributed by atoms with E-state index in [9.17, 15) is 9.59 Å². The Morgan fingerprint density at radius 2 is 2.10 bits per heavy atom. The van der Waals surface area contributed by atoms with Crippen molar-refractivity contribution < 1.29 is 24.2 Å². The van der Waals surface area contributed by atoms with Crippen LogP contribution >= 0.6 is 0 Å². The average Bonchev–Trinajstić information content (AvgIpc) is 2.35. The summed E-state index contributed by atoms with van der Waals surface area (Å²) in [6, 6.07) is -0.516. The van der Waals surface area contributed by atoms with Crippen molar-refractivity contribution in [2.45, 2.75) is 44.9 Å². The lowest BCUT2D eigenvalue weighted by Gasteiger charge is -2.45. The van der Waals surface area contributed by atoms with Crippen molar-refractivity contribution in [3.8, 4) is 0 Å². The van der Waals surface area contributed by atoms with Gasteiger partial charge in [0.15, 0.2) is 0 Å². The Balaban J connectivity index is 2.07. The lowest BCUT2D eigenvalue weighted by atomic mass is 10.1. The molecule has 0 aromatic rings. The zero-order valence-corrected chi connectivity index (χ0v) is 12.9. The Kier molecular flexibility index (Phi) is 4.73. The van der Waals surface area contributed by atoms with Crippen LogP contribution in [-0.4, -0.2) is 77.5 Å². The molecule has 2 heterocycles. The monoisotopic (exact) mass is 300 g/mol. The van der Waals surface area contributed by atoms with Crippen molar-refractivity contribution >= 4 is 12.0 Å². The summed E-state index contributed by atoms with van der Waals surface area (Å²) < 4.78 is 11.1. The number of hydrogen-bond donors (Lipinski definition) is 1. The van der Waals surface area contributed by atoms with Crippen molar-refractivity contribution in [1.82, 2.24) is 9.80 Å². The van der Waals surface area contributed by atoms with E-state index in [4.69, 9.17) is 14.6 Å². The zero-order valence-electron chi connectivity index (χ0n) is 12.9. The quantitative estimate of drug-likeness (QED) is 0.815. The molecule has 1 N–H and O–H groups in total. The van der Waals surface area contributed by atoms with Crippen LogP contribution in [0.25, 0.3) is 0 Å². The summed E-state index contributed by atoms with van der Waals surface area (Å²) in [6.45, 7) is 8.05. The number of carboxylic acids is 1. The van der Waals surface area contributed by atoms with Gasteiger partial charge >= 0.3 is 12.0 Å². The SMILES string of the molecule is CC1CN(C(=O)N2CCOCC2CC(=O)O)CC(C)(C)O1. The summed E-state index contributed by atoms with van der Waals surface area (Å²) in [7, 11) is 0. The molecule has 0 bridgehead atoms. The molecule has 2 amide bonds. The molecule has 2 fully saturated rings. The second kappa shape index (κ2) is 6.19.